The number of hydrogen-bond acceptors (Lipinski definition) is 3. The van der Waals surface area contributed by atoms with Gasteiger partial charge in [-0.3, -0.25) is 4.90 Å². The molecular weight excluding hydrogens is 262 g/mol. The molecule has 2 N–H and O–H groups in total. The number of aromatic hydroxyl groups is 2. The van der Waals surface area contributed by atoms with Crippen molar-refractivity contribution in [3.8, 4) is 11.5 Å². The van der Waals surface area contributed by atoms with Crippen LogP contribution in [-0.2, 0) is 6.42 Å². The molecule has 2 aromatic rings. The first-order valence-corrected chi connectivity index (χ1v) is 7.04. The SMILES string of the molecule is CN(C)C1C=C(c2ccccc2)Cc2c1ccc(O)c2O. The van der Waals surface area contributed by atoms with E-state index in [4.69, 9.17) is 0 Å². The van der Waals surface area contributed by atoms with Crippen LogP contribution in [0.4, 0.5) is 0 Å². The first kappa shape index (κ1) is 13.7. The van der Waals surface area contributed by atoms with Crippen molar-refractivity contribution >= 4 is 5.57 Å². The Morgan fingerprint density at radius 2 is 1.71 bits per heavy atom. The van der Waals surface area contributed by atoms with Gasteiger partial charge >= 0.3 is 0 Å². The molecule has 0 aliphatic heterocycles. The van der Waals surface area contributed by atoms with Gasteiger partial charge in [-0.1, -0.05) is 42.5 Å². The summed E-state index contributed by atoms with van der Waals surface area (Å²) in [7, 11) is 4.03. The topological polar surface area (TPSA) is 43.7 Å². The van der Waals surface area contributed by atoms with E-state index in [-0.39, 0.29) is 17.5 Å². The molecule has 3 heteroatoms. The molecule has 0 heterocycles. The Hall–Kier alpha value is -2.26. The summed E-state index contributed by atoms with van der Waals surface area (Å²) in [4.78, 5) is 2.11. The summed E-state index contributed by atoms with van der Waals surface area (Å²) >= 11 is 0. The van der Waals surface area contributed by atoms with Crippen molar-refractivity contribution in [3.63, 3.8) is 0 Å². The van der Waals surface area contributed by atoms with Crippen LogP contribution in [0.25, 0.3) is 5.57 Å². The van der Waals surface area contributed by atoms with Crippen LogP contribution < -0.4 is 0 Å². The van der Waals surface area contributed by atoms with Crippen molar-refractivity contribution in [3.05, 3.63) is 65.2 Å². The summed E-state index contributed by atoms with van der Waals surface area (Å²) in [6, 6.07) is 13.7. The fraction of sp³-hybridized carbons (Fsp3) is 0.222. The summed E-state index contributed by atoms with van der Waals surface area (Å²) in [5, 5.41) is 20.0. The van der Waals surface area contributed by atoms with Crippen molar-refractivity contribution in [2.45, 2.75) is 12.5 Å². The number of fused-ring (bicyclic) bond motifs is 1. The molecule has 0 radical (unpaired) electrons. The minimum atomic E-state index is -0.0550. The third-order valence-electron chi connectivity index (χ3n) is 4.04. The van der Waals surface area contributed by atoms with Gasteiger partial charge in [0, 0.05) is 12.0 Å². The maximum absolute atomic E-state index is 10.2. The van der Waals surface area contributed by atoms with Gasteiger partial charge in [-0.15, -0.1) is 0 Å². The number of rotatable bonds is 2. The number of allylic oxidation sites excluding steroid dienone is 1. The zero-order valence-corrected chi connectivity index (χ0v) is 12.2. The number of likely N-dealkylation sites (N-methyl/N-ethyl adjacent to an activating group) is 1. The quantitative estimate of drug-likeness (QED) is 0.830. The maximum Gasteiger partial charge on any atom is 0.161 e. The fourth-order valence-electron chi connectivity index (χ4n) is 2.91. The monoisotopic (exact) mass is 281 g/mol. The number of phenolic OH excluding ortho intramolecular Hbond substituents is 2. The molecule has 108 valence electrons. The minimum absolute atomic E-state index is 0.000816. The Bertz CT molecular complexity index is 690. The first-order chi connectivity index (χ1) is 10.1. The Kier molecular flexibility index (Phi) is 3.43. The molecule has 0 fully saturated rings. The van der Waals surface area contributed by atoms with Gasteiger partial charge in [0.25, 0.3) is 0 Å². The van der Waals surface area contributed by atoms with Gasteiger partial charge in [-0.05, 0) is 36.9 Å². The third kappa shape index (κ3) is 2.41. The Morgan fingerprint density at radius 3 is 2.38 bits per heavy atom. The molecule has 3 rings (SSSR count). The third-order valence-corrected chi connectivity index (χ3v) is 4.04. The predicted octanol–water partition coefficient (Wildman–Crippen LogP) is 3.34. The zero-order valence-electron chi connectivity index (χ0n) is 12.2. The lowest BCUT2D eigenvalue weighted by Gasteiger charge is -2.30. The van der Waals surface area contributed by atoms with Crippen molar-refractivity contribution < 1.29 is 10.2 Å². The average molecular weight is 281 g/mol. The molecule has 2 aromatic carbocycles. The molecule has 0 amide bonds. The molecular formula is C18H19NO2. The Balaban J connectivity index is 2.13. The predicted molar refractivity (Wildman–Crippen MR) is 84.3 cm³/mol. The van der Waals surface area contributed by atoms with E-state index in [0.717, 1.165) is 16.7 Å². The van der Waals surface area contributed by atoms with E-state index >= 15 is 0 Å². The molecule has 0 spiro atoms. The van der Waals surface area contributed by atoms with Gasteiger partial charge in [0.2, 0.25) is 0 Å². The van der Waals surface area contributed by atoms with E-state index < -0.39 is 0 Å². The molecule has 1 atom stereocenters. The van der Waals surface area contributed by atoms with Crippen molar-refractivity contribution in [1.29, 1.82) is 0 Å². The highest BCUT2D eigenvalue weighted by Crippen LogP contribution is 2.42. The second-order valence-corrected chi connectivity index (χ2v) is 5.64. The fourth-order valence-corrected chi connectivity index (χ4v) is 2.91. The zero-order chi connectivity index (χ0) is 15.0. The van der Waals surface area contributed by atoms with Crippen molar-refractivity contribution in [1.82, 2.24) is 4.90 Å². The van der Waals surface area contributed by atoms with Crippen LogP contribution in [0.5, 0.6) is 11.5 Å². The van der Waals surface area contributed by atoms with Gasteiger partial charge in [0.15, 0.2) is 11.5 Å². The standard InChI is InChI=1S/C18H19NO2/c1-19(2)16-11-13(12-6-4-3-5-7-12)10-15-14(16)8-9-17(20)18(15)21/h3-9,11,16,20-21H,10H2,1-2H3. The lowest BCUT2D eigenvalue weighted by atomic mass is 9.84. The summed E-state index contributed by atoms with van der Waals surface area (Å²) in [6.45, 7) is 0. The molecule has 1 aliphatic carbocycles. The number of benzene rings is 2. The van der Waals surface area contributed by atoms with Crippen molar-refractivity contribution in [2.75, 3.05) is 14.1 Å². The largest absolute Gasteiger partial charge is 0.504 e. The molecule has 21 heavy (non-hydrogen) atoms. The van der Waals surface area contributed by atoms with Gasteiger partial charge < -0.3 is 10.2 Å². The number of hydrogen-bond donors (Lipinski definition) is 2. The summed E-state index contributed by atoms with van der Waals surface area (Å²) in [5.74, 6) is -0.0542. The van der Waals surface area contributed by atoms with Gasteiger partial charge in [-0.2, -0.15) is 0 Å². The molecule has 0 bridgehead atoms. The summed E-state index contributed by atoms with van der Waals surface area (Å²) < 4.78 is 0. The van der Waals surface area contributed by atoms with Crippen LogP contribution >= 0.6 is 0 Å². The maximum atomic E-state index is 10.2. The Morgan fingerprint density at radius 1 is 1.00 bits per heavy atom. The second-order valence-electron chi connectivity index (χ2n) is 5.64. The average Bonchev–Trinajstić information content (AvgIpc) is 2.51. The van der Waals surface area contributed by atoms with E-state index in [1.807, 2.05) is 38.4 Å². The van der Waals surface area contributed by atoms with Gasteiger partial charge in [0.1, 0.15) is 0 Å². The summed E-state index contributed by atoms with van der Waals surface area (Å²) in [6.07, 6.45) is 2.86. The van der Waals surface area contributed by atoms with Gasteiger partial charge in [-0.25, -0.2) is 0 Å². The van der Waals surface area contributed by atoms with Crippen molar-refractivity contribution in [2.24, 2.45) is 0 Å². The smallest absolute Gasteiger partial charge is 0.161 e. The number of phenols is 2. The minimum Gasteiger partial charge on any atom is -0.504 e. The second kappa shape index (κ2) is 5.26. The lowest BCUT2D eigenvalue weighted by Crippen LogP contribution is -2.22. The highest BCUT2D eigenvalue weighted by Gasteiger charge is 2.25. The normalized spacial score (nSPS) is 17.5. The molecule has 3 nitrogen and oxygen atoms in total. The van der Waals surface area contributed by atoms with Gasteiger partial charge in [0.05, 0.1) is 6.04 Å². The van der Waals surface area contributed by atoms with E-state index in [0.29, 0.717) is 6.42 Å². The molecule has 0 aromatic heterocycles. The summed E-state index contributed by atoms with van der Waals surface area (Å²) in [5.41, 5.74) is 4.19. The lowest BCUT2D eigenvalue weighted by molar-refractivity contribution is 0.343. The highest BCUT2D eigenvalue weighted by atomic mass is 16.3. The highest BCUT2D eigenvalue weighted by molar-refractivity contribution is 5.73. The molecule has 0 saturated heterocycles. The first-order valence-electron chi connectivity index (χ1n) is 7.04. The van der Waals surface area contributed by atoms with Crippen LogP contribution in [-0.4, -0.2) is 29.2 Å². The van der Waals surface area contributed by atoms with E-state index in [9.17, 15) is 10.2 Å². The molecule has 1 aliphatic rings. The number of nitrogens with zero attached hydrogens (tertiary/aromatic N) is 1. The van der Waals surface area contributed by atoms with Crippen LogP contribution in [0.2, 0.25) is 0 Å². The van der Waals surface area contributed by atoms with Crippen LogP contribution in [0, 0.1) is 0 Å². The van der Waals surface area contributed by atoms with E-state index in [1.165, 1.54) is 5.57 Å². The van der Waals surface area contributed by atoms with E-state index in [2.05, 4.69) is 23.1 Å². The van der Waals surface area contributed by atoms with Crippen LogP contribution in [0.3, 0.4) is 0 Å². The van der Waals surface area contributed by atoms with Crippen LogP contribution in [0.1, 0.15) is 22.7 Å². The van der Waals surface area contributed by atoms with Crippen LogP contribution in [0.15, 0.2) is 48.5 Å². The molecule has 0 saturated carbocycles. The molecule has 1 unspecified atom stereocenters. The van der Waals surface area contributed by atoms with E-state index in [1.54, 1.807) is 6.07 Å². The Labute approximate surface area is 124 Å².